The van der Waals surface area contributed by atoms with Crippen LogP contribution in [0.2, 0.25) is 6.32 Å². The molecule has 1 atom stereocenters. The Balaban J connectivity index is 2.41. The molecule has 2 N–H and O–H groups in total. The van der Waals surface area contributed by atoms with E-state index in [1.807, 2.05) is 25.1 Å². The molecule has 0 bridgehead atoms. The Hall–Kier alpha value is -0.795. The maximum Gasteiger partial charge on any atom is 0.451 e. The molecule has 0 aliphatic heterocycles. The van der Waals surface area contributed by atoms with E-state index >= 15 is 0 Å². The molecule has 13 heavy (non-hydrogen) atoms. The normalized spacial score (nSPS) is 12.5. The minimum Gasteiger partial charge on any atom is -0.427 e. The van der Waals surface area contributed by atoms with Crippen molar-refractivity contribution in [2.75, 3.05) is 0 Å². The summed E-state index contributed by atoms with van der Waals surface area (Å²) in [6, 6.07) is 10.1. The van der Waals surface area contributed by atoms with E-state index in [0.29, 0.717) is 12.2 Å². The molecule has 0 saturated carbocycles. The molecule has 0 aliphatic rings. The van der Waals surface area contributed by atoms with Crippen molar-refractivity contribution in [2.24, 2.45) is 5.92 Å². The summed E-state index contributed by atoms with van der Waals surface area (Å²) in [7, 11) is -1.18. The van der Waals surface area contributed by atoms with Gasteiger partial charge in [0.15, 0.2) is 0 Å². The average Bonchev–Trinajstić information content (AvgIpc) is 2.04. The number of hydrogen-bond donors (Lipinski definition) is 2. The highest BCUT2D eigenvalue weighted by Gasteiger charge is 2.12. The van der Waals surface area contributed by atoms with Crippen LogP contribution in [0.3, 0.4) is 0 Å². The molecule has 1 unspecified atom stereocenters. The third kappa shape index (κ3) is 4.11. The maximum atomic E-state index is 8.76. The van der Waals surface area contributed by atoms with Crippen LogP contribution in [-0.2, 0) is 6.42 Å². The molecular formula is C10H15BO2. The topological polar surface area (TPSA) is 40.5 Å². The van der Waals surface area contributed by atoms with Gasteiger partial charge in [-0.3, -0.25) is 0 Å². The predicted octanol–water partition coefficient (Wildman–Crippen LogP) is 1.34. The highest BCUT2D eigenvalue weighted by molar-refractivity contribution is 6.41. The molecule has 0 heterocycles. The van der Waals surface area contributed by atoms with E-state index in [1.54, 1.807) is 0 Å². The van der Waals surface area contributed by atoms with Crippen LogP contribution in [0.5, 0.6) is 0 Å². The molecule has 0 saturated heterocycles. The summed E-state index contributed by atoms with van der Waals surface area (Å²) in [6.45, 7) is 2.02. The van der Waals surface area contributed by atoms with Gasteiger partial charge in [-0.1, -0.05) is 37.3 Å². The predicted molar refractivity (Wildman–Crippen MR) is 54.3 cm³/mol. The summed E-state index contributed by atoms with van der Waals surface area (Å²) in [5.41, 5.74) is 1.25. The van der Waals surface area contributed by atoms with Crippen molar-refractivity contribution in [1.82, 2.24) is 0 Å². The Kier molecular flexibility index (Phi) is 3.99. The first-order chi connectivity index (χ1) is 6.18. The fraction of sp³-hybridized carbons (Fsp3) is 0.400. The van der Waals surface area contributed by atoms with Crippen LogP contribution in [0.15, 0.2) is 30.3 Å². The average molecular weight is 178 g/mol. The van der Waals surface area contributed by atoms with Crippen molar-refractivity contribution in [3.63, 3.8) is 0 Å². The van der Waals surface area contributed by atoms with E-state index in [2.05, 4.69) is 12.1 Å². The lowest BCUT2D eigenvalue weighted by molar-refractivity contribution is 0.390. The minimum atomic E-state index is -1.18. The Morgan fingerprint density at radius 1 is 1.23 bits per heavy atom. The Labute approximate surface area is 79.4 Å². The lowest BCUT2D eigenvalue weighted by Gasteiger charge is -2.09. The molecule has 1 aromatic carbocycles. The first kappa shape index (κ1) is 10.3. The Morgan fingerprint density at radius 3 is 2.38 bits per heavy atom. The first-order valence-electron chi connectivity index (χ1n) is 4.58. The van der Waals surface area contributed by atoms with Crippen LogP contribution in [0, 0.1) is 5.92 Å². The smallest absolute Gasteiger partial charge is 0.427 e. The SMILES string of the molecule is CC(CB(O)O)Cc1ccccc1. The molecule has 0 radical (unpaired) electrons. The summed E-state index contributed by atoms with van der Waals surface area (Å²) >= 11 is 0. The standard InChI is InChI=1S/C10H15BO2/c1-9(8-11(12)13)7-10-5-3-2-4-6-10/h2-6,9,12-13H,7-8H2,1H3. The second-order valence-corrected chi connectivity index (χ2v) is 3.51. The molecule has 1 rings (SSSR count). The zero-order valence-electron chi connectivity index (χ0n) is 7.85. The van der Waals surface area contributed by atoms with Gasteiger partial charge >= 0.3 is 7.12 Å². The van der Waals surface area contributed by atoms with Gasteiger partial charge < -0.3 is 10.0 Å². The molecule has 70 valence electrons. The van der Waals surface area contributed by atoms with Gasteiger partial charge in [-0.2, -0.15) is 0 Å². The summed E-state index contributed by atoms with van der Waals surface area (Å²) in [4.78, 5) is 0. The van der Waals surface area contributed by atoms with E-state index in [1.165, 1.54) is 5.56 Å². The molecule has 3 heteroatoms. The van der Waals surface area contributed by atoms with Crippen LogP contribution in [0.1, 0.15) is 12.5 Å². The molecule has 0 spiro atoms. The Morgan fingerprint density at radius 2 is 1.85 bits per heavy atom. The van der Waals surface area contributed by atoms with Gasteiger partial charge in [0.2, 0.25) is 0 Å². The van der Waals surface area contributed by atoms with Gasteiger partial charge in [0.1, 0.15) is 0 Å². The van der Waals surface area contributed by atoms with Crippen LogP contribution >= 0.6 is 0 Å². The van der Waals surface area contributed by atoms with E-state index in [-0.39, 0.29) is 0 Å². The molecule has 0 aliphatic carbocycles. The fourth-order valence-electron chi connectivity index (χ4n) is 1.46. The second kappa shape index (κ2) is 5.05. The highest BCUT2D eigenvalue weighted by atomic mass is 16.4. The lowest BCUT2D eigenvalue weighted by atomic mass is 9.77. The number of rotatable bonds is 4. The van der Waals surface area contributed by atoms with Crippen molar-refractivity contribution in [1.29, 1.82) is 0 Å². The largest absolute Gasteiger partial charge is 0.451 e. The van der Waals surface area contributed by atoms with Crippen LogP contribution in [-0.4, -0.2) is 17.2 Å². The van der Waals surface area contributed by atoms with Gasteiger partial charge in [0.25, 0.3) is 0 Å². The minimum absolute atomic E-state index is 0.308. The second-order valence-electron chi connectivity index (χ2n) is 3.51. The monoisotopic (exact) mass is 178 g/mol. The van der Waals surface area contributed by atoms with Gasteiger partial charge in [-0.05, 0) is 24.2 Å². The Bertz CT molecular complexity index is 236. The molecule has 0 amide bonds. The van der Waals surface area contributed by atoms with Crippen molar-refractivity contribution >= 4 is 7.12 Å². The van der Waals surface area contributed by atoms with Crippen molar-refractivity contribution < 1.29 is 10.0 Å². The van der Waals surface area contributed by atoms with Crippen molar-refractivity contribution in [3.05, 3.63) is 35.9 Å². The summed E-state index contributed by atoms with van der Waals surface area (Å²) in [5, 5.41) is 17.5. The van der Waals surface area contributed by atoms with Gasteiger partial charge in [0, 0.05) is 0 Å². The quantitative estimate of drug-likeness (QED) is 0.683. The number of benzene rings is 1. The lowest BCUT2D eigenvalue weighted by Crippen LogP contribution is -2.16. The van der Waals surface area contributed by atoms with Crippen molar-refractivity contribution in [3.8, 4) is 0 Å². The van der Waals surface area contributed by atoms with E-state index in [0.717, 1.165) is 6.42 Å². The zero-order chi connectivity index (χ0) is 9.68. The summed E-state index contributed by atoms with van der Waals surface area (Å²) in [6.07, 6.45) is 1.34. The van der Waals surface area contributed by atoms with E-state index in [9.17, 15) is 0 Å². The van der Waals surface area contributed by atoms with Crippen molar-refractivity contribution in [2.45, 2.75) is 19.7 Å². The van der Waals surface area contributed by atoms with Gasteiger partial charge in [-0.15, -0.1) is 0 Å². The third-order valence-electron chi connectivity index (χ3n) is 2.04. The number of hydrogen-bond acceptors (Lipinski definition) is 2. The molecule has 2 nitrogen and oxygen atoms in total. The molecule has 0 aromatic heterocycles. The van der Waals surface area contributed by atoms with E-state index in [4.69, 9.17) is 10.0 Å². The van der Waals surface area contributed by atoms with Gasteiger partial charge in [0.05, 0.1) is 0 Å². The van der Waals surface area contributed by atoms with Crippen LogP contribution < -0.4 is 0 Å². The maximum absolute atomic E-state index is 8.76. The third-order valence-corrected chi connectivity index (χ3v) is 2.04. The zero-order valence-corrected chi connectivity index (χ0v) is 7.85. The summed E-state index contributed by atoms with van der Waals surface area (Å²) < 4.78 is 0. The molecule has 0 fully saturated rings. The highest BCUT2D eigenvalue weighted by Crippen LogP contribution is 2.12. The molecule has 1 aromatic rings. The van der Waals surface area contributed by atoms with Crippen LogP contribution in [0.4, 0.5) is 0 Å². The summed E-state index contributed by atoms with van der Waals surface area (Å²) in [5.74, 6) is 0.308. The van der Waals surface area contributed by atoms with E-state index < -0.39 is 7.12 Å². The first-order valence-corrected chi connectivity index (χ1v) is 4.58. The molecular weight excluding hydrogens is 163 g/mol. The fourth-order valence-corrected chi connectivity index (χ4v) is 1.46. The van der Waals surface area contributed by atoms with Gasteiger partial charge in [-0.25, -0.2) is 0 Å². The van der Waals surface area contributed by atoms with Crippen LogP contribution in [0.25, 0.3) is 0 Å².